The van der Waals surface area contributed by atoms with Crippen LogP contribution in [-0.4, -0.2) is 17.2 Å². The highest BCUT2D eigenvalue weighted by atomic mass is 32.1. The maximum atomic E-state index is 4.33. The summed E-state index contributed by atoms with van der Waals surface area (Å²) in [5.41, 5.74) is 1.24. The third kappa shape index (κ3) is 2.23. The predicted molar refractivity (Wildman–Crippen MR) is 69.2 cm³/mol. The van der Waals surface area contributed by atoms with Crippen LogP contribution in [0, 0.1) is 0 Å². The molecule has 1 aromatic carbocycles. The largest absolute Gasteiger partial charge is 0.307 e. The van der Waals surface area contributed by atoms with E-state index in [1.807, 2.05) is 13.1 Å². The monoisotopic (exact) mass is 245 g/mol. The van der Waals surface area contributed by atoms with Gasteiger partial charge in [-0.3, -0.25) is 0 Å². The van der Waals surface area contributed by atoms with Crippen molar-refractivity contribution in [2.75, 3.05) is 7.05 Å². The van der Waals surface area contributed by atoms with Gasteiger partial charge in [-0.05, 0) is 25.5 Å². The first-order valence-corrected chi connectivity index (χ1v) is 6.75. The average Bonchev–Trinajstić information content (AvgIpc) is 3.12. The van der Waals surface area contributed by atoms with E-state index in [2.05, 4.69) is 39.8 Å². The Morgan fingerprint density at radius 2 is 2.00 bits per heavy atom. The molecule has 4 heteroatoms. The van der Waals surface area contributed by atoms with Gasteiger partial charge in [0.15, 0.2) is 0 Å². The SMILES string of the molecule is CNC(c1ccccc1)c1nnc(C2CC2)s1. The fourth-order valence-electron chi connectivity index (χ4n) is 1.94. The Hall–Kier alpha value is -1.26. The molecule has 1 aliphatic rings. The van der Waals surface area contributed by atoms with Crippen molar-refractivity contribution in [1.82, 2.24) is 15.5 Å². The standard InChI is InChI=1S/C13H15N3S/c1-14-11(9-5-3-2-4-6-9)13-16-15-12(17-13)10-7-8-10/h2-6,10-11,14H,7-8H2,1H3. The van der Waals surface area contributed by atoms with Crippen molar-refractivity contribution < 1.29 is 0 Å². The summed E-state index contributed by atoms with van der Waals surface area (Å²) in [6.07, 6.45) is 2.56. The molecule has 1 unspecified atom stereocenters. The van der Waals surface area contributed by atoms with E-state index in [1.165, 1.54) is 23.4 Å². The summed E-state index contributed by atoms with van der Waals surface area (Å²) in [6, 6.07) is 10.6. The maximum absolute atomic E-state index is 4.33. The average molecular weight is 245 g/mol. The Morgan fingerprint density at radius 1 is 1.24 bits per heavy atom. The molecule has 1 atom stereocenters. The third-order valence-corrected chi connectivity index (χ3v) is 4.20. The van der Waals surface area contributed by atoms with Crippen molar-refractivity contribution in [3.63, 3.8) is 0 Å². The molecular weight excluding hydrogens is 230 g/mol. The van der Waals surface area contributed by atoms with Crippen molar-refractivity contribution in [2.45, 2.75) is 24.8 Å². The molecule has 0 bridgehead atoms. The highest BCUT2D eigenvalue weighted by Crippen LogP contribution is 2.42. The molecule has 1 aliphatic carbocycles. The first-order chi connectivity index (χ1) is 8.38. The van der Waals surface area contributed by atoms with Crippen LogP contribution in [0.15, 0.2) is 30.3 Å². The lowest BCUT2D eigenvalue weighted by Gasteiger charge is -2.12. The Kier molecular flexibility index (Phi) is 2.91. The third-order valence-electron chi connectivity index (χ3n) is 3.05. The molecule has 2 aromatic rings. The van der Waals surface area contributed by atoms with E-state index in [9.17, 15) is 0 Å². The predicted octanol–water partition coefficient (Wildman–Crippen LogP) is 2.72. The molecule has 0 spiro atoms. The van der Waals surface area contributed by atoms with Crippen LogP contribution in [0.3, 0.4) is 0 Å². The molecule has 0 radical (unpaired) electrons. The zero-order chi connectivity index (χ0) is 11.7. The van der Waals surface area contributed by atoms with Crippen LogP contribution in [0.1, 0.15) is 40.4 Å². The van der Waals surface area contributed by atoms with Crippen molar-refractivity contribution in [3.8, 4) is 0 Å². The number of rotatable bonds is 4. The van der Waals surface area contributed by atoms with Gasteiger partial charge >= 0.3 is 0 Å². The number of aromatic nitrogens is 2. The minimum atomic E-state index is 0.168. The van der Waals surface area contributed by atoms with Crippen molar-refractivity contribution in [3.05, 3.63) is 45.9 Å². The summed E-state index contributed by atoms with van der Waals surface area (Å²) in [7, 11) is 1.97. The molecule has 1 aromatic heterocycles. The quantitative estimate of drug-likeness (QED) is 0.900. The van der Waals surface area contributed by atoms with Gasteiger partial charge in [0.2, 0.25) is 0 Å². The zero-order valence-electron chi connectivity index (χ0n) is 9.76. The molecule has 3 rings (SSSR count). The van der Waals surface area contributed by atoms with E-state index in [4.69, 9.17) is 0 Å². The van der Waals surface area contributed by atoms with E-state index in [0.29, 0.717) is 5.92 Å². The van der Waals surface area contributed by atoms with Gasteiger partial charge < -0.3 is 5.32 Å². The number of hydrogen-bond donors (Lipinski definition) is 1. The van der Waals surface area contributed by atoms with Gasteiger partial charge in [-0.15, -0.1) is 10.2 Å². The molecule has 0 amide bonds. The van der Waals surface area contributed by atoms with Crippen LogP contribution in [0.25, 0.3) is 0 Å². The van der Waals surface area contributed by atoms with Gasteiger partial charge in [-0.1, -0.05) is 41.7 Å². The summed E-state index contributed by atoms with van der Waals surface area (Å²) < 4.78 is 0. The van der Waals surface area contributed by atoms with Crippen molar-refractivity contribution in [1.29, 1.82) is 0 Å². The number of hydrogen-bond acceptors (Lipinski definition) is 4. The number of benzene rings is 1. The van der Waals surface area contributed by atoms with Gasteiger partial charge in [0.25, 0.3) is 0 Å². The normalized spacial score (nSPS) is 17.0. The fourth-order valence-corrected chi connectivity index (χ4v) is 3.09. The van der Waals surface area contributed by atoms with Crippen molar-refractivity contribution >= 4 is 11.3 Å². The summed E-state index contributed by atoms with van der Waals surface area (Å²) >= 11 is 1.75. The van der Waals surface area contributed by atoms with Gasteiger partial charge in [0, 0.05) is 5.92 Å². The fraction of sp³-hybridized carbons (Fsp3) is 0.385. The Bertz CT molecular complexity index is 490. The topological polar surface area (TPSA) is 37.8 Å². The Balaban J connectivity index is 1.88. The summed E-state index contributed by atoms with van der Waals surface area (Å²) in [6.45, 7) is 0. The minimum Gasteiger partial charge on any atom is -0.307 e. The van der Waals surface area contributed by atoms with Gasteiger partial charge in [0.1, 0.15) is 10.0 Å². The van der Waals surface area contributed by atoms with Gasteiger partial charge in [-0.25, -0.2) is 0 Å². The van der Waals surface area contributed by atoms with E-state index < -0.39 is 0 Å². The van der Waals surface area contributed by atoms with E-state index in [1.54, 1.807) is 11.3 Å². The maximum Gasteiger partial charge on any atom is 0.139 e. The number of nitrogens with zero attached hydrogens (tertiary/aromatic N) is 2. The van der Waals surface area contributed by atoms with Crippen LogP contribution in [0.5, 0.6) is 0 Å². The first-order valence-electron chi connectivity index (χ1n) is 5.94. The van der Waals surface area contributed by atoms with Gasteiger partial charge in [-0.2, -0.15) is 0 Å². The van der Waals surface area contributed by atoms with Crippen LogP contribution >= 0.6 is 11.3 Å². The van der Waals surface area contributed by atoms with Crippen LogP contribution in [-0.2, 0) is 0 Å². The van der Waals surface area contributed by atoms with Crippen molar-refractivity contribution in [2.24, 2.45) is 0 Å². The molecule has 1 saturated carbocycles. The van der Waals surface area contributed by atoms with Crippen LogP contribution in [0.2, 0.25) is 0 Å². The van der Waals surface area contributed by atoms with E-state index in [-0.39, 0.29) is 6.04 Å². The molecule has 0 aliphatic heterocycles. The lowest BCUT2D eigenvalue weighted by Crippen LogP contribution is -2.17. The second kappa shape index (κ2) is 4.55. The molecule has 88 valence electrons. The first kappa shape index (κ1) is 10.9. The highest BCUT2D eigenvalue weighted by Gasteiger charge is 2.28. The number of nitrogens with one attached hydrogen (secondary N) is 1. The summed E-state index contributed by atoms with van der Waals surface area (Å²) in [5, 5.41) is 14.2. The smallest absolute Gasteiger partial charge is 0.139 e. The zero-order valence-corrected chi connectivity index (χ0v) is 10.6. The van der Waals surface area contributed by atoms with Gasteiger partial charge in [0.05, 0.1) is 6.04 Å². The minimum absolute atomic E-state index is 0.168. The Labute approximate surface area is 105 Å². The Morgan fingerprint density at radius 3 is 2.65 bits per heavy atom. The van der Waals surface area contributed by atoms with Crippen LogP contribution in [0.4, 0.5) is 0 Å². The van der Waals surface area contributed by atoms with E-state index >= 15 is 0 Å². The second-order valence-electron chi connectivity index (χ2n) is 4.39. The molecule has 1 N–H and O–H groups in total. The molecular formula is C13H15N3S. The molecule has 0 saturated heterocycles. The highest BCUT2D eigenvalue weighted by molar-refractivity contribution is 7.11. The summed E-state index contributed by atoms with van der Waals surface area (Å²) in [5.74, 6) is 0.689. The summed E-state index contributed by atoms with van der Waals surface area (Å²) in [4.78, 5) is 0. The molecule has 1 heterocycles. The molecule has 17 heavy (non-hydrogen) atoms. The molecule has 3 nitrogen and oxygen atoms in total. The second-order valence-corrected chi connectivity index (χ2v) is 5.43. The van der Waals surface area contributed by atoms with E-state index in [0.717, 1.165) is 5.01 Å². The lowest BCUT2D eigenvalue weighted by molar-refractivity contribution is 0.676. The molecule has 1 fully saturated rings. The lowest BCUT2D eigenvalue weighted by atomic mass is 10.1. The van der Waals surface area contributed by atoms with Crippen LogP contribution < -0.4 is 5.32 Å².